The molecule has 0 radical (unpaired) electrons. The fourth-order valence-corrected chi connectivity index (χ4v) is 2.80. The summed E-state index contributed by atoms with van der Waals surface area (Å²) in [6.07, 6.45) is 0.226. The molecule has 118 valence electrons. The molecule has 2 saturated heterocycles. The van der Waals surface area contributed by atoms with Gasteiger partial charge in [0.05, 0.1) is 17.6 Å². The van der Waals surface area contributed by atoms with Gasteiger partial charge in [-0.15, -0.1) is 0 Å². The molecule has 7 heteroatoms. The minimum atomic E-state index is -0.373. The maximum Gasteiger partial charge on any atom is 0.229 e. The zero-order valence-corrected chi connectivity index (χ0v) is 12.2. The predicted octanol–water partition coefficient (Wildman–Crippen LogP) is -0.390. The van der Waals surface area contributed by atoms with Crippen molar-refractivity contribution in [2.45, 2.75) is 19.0 Å². The number of likely N-dealkylation sites (tertiary alicyclic amines) is 1. The summed E-state index contributed by atoms with van der Waals surface area (Å²) >= 11 is 0. The smallest absolute Gasteiger partial charge is 0.229 e. The van der Waals surface area contributed by atoms with Gasteiger partial charge in [0.2, 0.25) is 11.8 Å². The number of phenolic OH excluding ortho intramolecular Hbond substituents is 1. The number of aromatic hydroxyl groups is 1. The molecule has 2 amide bonds. The second kappa shape index (κ2) is 5.94. The Hall–Kier alpha value is -2.12. The number of nitrogens with two attached hydrogens (primary N) is 1. The Balaban J connectivity index is 1.64. The first-order valence-electron chi connectivity index (χ1n) is 7.41. The number of phenols is 1. The Kier molecular flexibility index (Phi) is 4.00. The second-order valence-corrected chi connectivity index (χ2v) is 5.80. The summed E-state index contributed by atoms with van der Waals surface area (Å²) in [5, 5.41) is 15.7. The second-order valence-electron chi connectivity index (χ2n) is 5.80. The van der Waals surface area contributed by atoms with Crippen LogP contribution in [0, 0.1) is 5.92 Å². The van der Waals surface area contributed by atoms with Gasteiger partial charge in [-0.25, -0.2) is 0 Å². The summed E-state index contributed by atoms with van der Waals surface area (Å²) in [5.74, 6) is -0.601. The average molecular weight is 304 g/mol. The molecule has 0 spiro atoms. The zero-order chi connectivity index (χ0) is 15.7. The molecule has 0 aromatic heterocycles. The number of carbonyl (C=O) groups is 2. The lowest BCUT2D eigenvalue weighted by Gasteiger charge is -2.35. The van der Waals surface area contributed by atoms with Crippen molar-refractivity contribution in [3.63, 3.8) is 0 Å². The van der Waals surface area contributed by atoms with Gasteiger partial charge in [0.25, 0.3) is 0 Å². The van der Waals surface area contributed by atoms with Crippen LogP contribution in [0.3, 0.4) is 0 Å². The monoisotopic (exact) mass is 304 g/mol. The van der Waals surface area contributed by atoms with Gasteiger partial charge in [-0.3, -0.25) is 9.59 Å². The molecule has 22 heavy (non-hydrogen) atoms. The van der Waals surface area contributed by atoms with Crippen LogP contribution in [0.2, 0.25) is 0 Å². The Morgan fingerprint density at radius 2 is 2.23 bits per heavy atom. The number of carbonyl (C=O) groups excluding carboxylic acids is 2. The number of nitrogens with zero attached hydrogens (tertiary/aromatic N) is 1. The van der Waals surface area contributed by atoms with E-state index in [4.69, 9.17) is 5.73 Å². The molecule has 2 aliphatic heterocycles. The van der Waals surface area contributed by atoms with E-state index in [0.717, 1.165) is 18.7 Å². The third kappa shape index (κ3) is 2.77. The van der Waals surface area contributed by atoms with Crippen molar-refractivity contribution < 1.29 is 14.7 Å². The van der Waals surface area contributed by atoms with Gasteiger partial charge in [-0.05, 0) is 17.7 Å². The molecule has 3 rings (SSSR count). The van der Waals surface area contributed by atoms with Crippen LogP contribution in [0.4, 0.5) is 5.69 Å². The quantitative estimate of drug-likeness (QED) is 0.567. The molecule has 1 aromatic carbocycles. The minimum Gasteiger partial charge on any atom is -0.506 e. The van der Waals surface area contributed by atoms with Gasteiger partial charge >= 0.3 is 0 Å². The molecule has 1 atom stereocenters. The summed E-state index contributed by atoms with van der Waals surface area (Å²) in [4.78, 5) is 26.1. The molecular formula is C15H20N4O3. The van der Waals surface area contributed by atoms with E-state index in [9.17, 15) is 14.7 Å². The van der Waals surface area contributed by atoms with Gasteiger partial charge in [-0.2, -0.15) is 0 Å². The van der Waals surface area contributed by atoms with E-state index < -0.39 is 0 Å². The lowest BCUT2D eigenvalue weighted by Crippen LogP contribution is -2.57. The first-order chi connectivity index (χ1) is 10.6. The zero-order valence-electron chi connectivity index (χ0n) is 12.2. The van der Waals surface area contributed by atoms with Crippen LogP contribution in [0.5, 0.6) is 5.75 Å². The standard InChI is InChI=1S/C15H20N4O3/c16-5-9-1-2-12(13(20)3-9)18-15(22)10-4-14(21)19(8-10)11-6-17-7-11/h1-3,10-11,17,20H,4-8,16H2,(H,18,22). The van der Waals surface area contributed by atoms with Gasteiger partial charge < -0.3 is 26.4 Å². The number of anilines is 1. The minimum absolute atomic E-state index is 0.0133. The maximum absolute atomic E-state index is 12.3. The van der Waals surface area contributed by atoms with Crippen molar-refractivity contribution in [3.8, 4) is 5.75 Å². The molecule has 2 heterocycles. The predicted molar refractivity (Wildman–Crippen MR) is 81.1 cm³/mol. The fourth-order valence-electron chi connectivity index (χ4n) is 2.80. The van der Waals surface area contributed by atoms with Crippen molar-refractivity contribution in [2.24, 2.45) is 11.7 Å². The maximum atomic E-state index is 12.3. The van der Waals surface area contributed by atoms with E-state index in [2.05, 4.69) is 10.6 Å². The van der Waals surface area contributed by atoms with E-state index in [0.29, 0.717) is 18.8 Å². The molecule has 0 aliphatic carbocycles. The highest BCUT2D eigenvalue weighted by atomic mass is 16.3. The van der Waals surface area contributed by atoms with Gasteiger partial charge in [0.15, 0.2) is 0 Å². The average Bonchev–Trinajstić information content (AvgIpc) is 2.81. The van der Waals surface area contributed by atoms with E-state index >= 15 is 0 Å². The molecule has 5 N–H and O–H groups in total. The van der Waals surface area contributed by atoms with Gasteiger partial charge in [0.1, 0.15) is 5.75 Å². The van der Waals surface area contributed by atoms with Crippen LogP contribution in [0.1, 0.15) is 12.0 Å². The molecule has 2 fully saturated rings. The van der Waals surface area contributed by atoms with Crippen molar-refractivity contribution in [3.05, 3.63) is 23.8 Å². The normalized spacial score (nSPS) is 21.8. The molecule has 0 bridgehead atoms. The Morgan fingerprint density at radius 1 is 1.45 bits per heavy atom. The Bertz CT molecular complexity index is 600. The molecular weight excluding hydrogens is 284 g/mol. The van der Waals surface area contributed by atoms with Crippen LogP contribution in [-0.4, -0.2) is 47.5 Å². The Morgan fingerprint density at radius 3 is 2.82 bits per heavy atom. The summed E-state index contributed by atoms with van der Waals surface area (Å²) < 4.78 is 0. The third-order valence-corrected chi connectivity index (χ3v) is 4.29. The largest absolute Gasteiger partial charge is 0.506 e. The molecule has 1 aromatic rings. The highest BCUT2D eigenvalue weighted by Crippen LogP contribution is 2.27. The summed E-state index contributed by atoms with van der Waals surface area (Å²) in [6.45, 7) is 2.35. The fraction of sp³-hybridized carbons (Fsp3) is 0.467. The van der Waals surface area contributed by atoms with E-state index in [1.165, 1.54) is 6.07 Å². The number of hydrogen-bond acceptors (Lipinski definition) is 5. The van der Waals surface area contributed by atoms with Gasteiger partial charge in [-0.1, -0.05) is 6.07 Å². The highest BCUT2D eigenvalue weighted by molar-refractivity contribution is 5.98. The first kappa shape index (κ1) is 14.8. The van der Waals surface area contributed by atoms with Gasteiger partial charge in [0, 0.05) is 32.6 Å². The summed E-state index contributed by atoms with van der Waals surface area (Å²) in [7, 11) is 0. The highest BCUT2D eigenvalue weighted by Gasteiger charge is 2.39. The lowest BCUT2D eigenvalue weighted by atomic mass is 10.1. The van der Waals surface area contributed by atoms with Crippen LogP contribution in [0.15, 0.2) is 18.2 Å². The molecule has 2 aliphatic rings. The lowest BCUT2D eigenvalue weighted by molar-refractivity contribution is -0.130. The SMILES string of the molecule is NCc1ccc(NC(=O)C2CC(=O)N(C3CNC3)C2)c(O)c1. The molecule has 7 nitrogen and oxygen atoms in total. The van der Waals surface area contributed by atoms with E-state index in [1.807, 2.05) is 0 Å². The Labute approximate surface area is 128 Å². The van der Waals surface area contributed by atoms with Crippen molar-refractivity contribution in [2.75, 3.05) is 25.0 Å². The van der Waals surface area contributed by atoms with Crippen molar-refractivity contribution in [1.82, 2.24) is 10.2 Å². The molecule has 1 unspecified atom stereocenters. The van der Waals surface area contributed by atoms with Crippen LogP contribution < -0.4 is 16.4 Å². The molecule has 0 saturated carbocycles. The van der Waals surface area contributed by atoms with Crippen LogP contribution in [0.25, 0.3) is 0 Å². The van der Waals surface area contributed by atoms with Crippen molar-refractivity contribution in [1.29, 1.82) is 0 Å². The number of benzene rings is 1. The summed E-state index contributed by atoms with van der Waals surface area (Å²) in [5.41, 5.74) is 6.63. The number of amides is 2. The number of hydrogen-bond donors (Lipinski definition) is 4. The van der Waals surface area contributed by atoms with E-state index in [1.54, 1.807) is 17.0 Å². The number of rotatable bonds is 4. The van der Waals surface area contributed by atoms with Crippen LogP contribution >= 0.6 is 0 Å². The van der Waals surface area contributed by atoms with Crippen molar-refractivity contribution >= 4 is 17.5 Å². The van der Waals surface area contributed by atoms with Crippen LogP contribution in [-0.2, 0) is 16.1 Å². The first-order valence-corrected chi connectivity index (χ1v) is 7.41. The van der Waals surface area contributed by atoms with E-state index in [-0.39, 0.29) is 35.9 Å². The third-order valence-electron chi connectivity index (χ3n) is 4.29. The topological polar surface area (TPSA) is 108 Å². The summed E-state index contributed by atoms with van der Waals surface area (Å²) in [6, 6.07) is 5.12. The number of nitrogens with one attached hydrogen (secondary N) is 2.